The lowest BCUT2D eigenvalue weighted by Crippen LogP contribution is -2.21. The fraction of sp³-hybridized carbons (Fsp3) is 0.0417. The topological polar surface area (TPSA) is 82.7 Å². The van der Waals surface area contributed by atoms with Crippen LogP contribution in [0.25, 0.3) is 5.69 Å². The highest BCUT2D eigenvalue weighted by Crippen LogP contribution is 2.32. The zero-order valence-electron chi connectivity index (χ0n) is 16.5. The summed E-state index contributed by atoms with van der Waals surface area (Å²) in [5.41, 5.74) is 2.86. The number of hydrogen-bond donors (Lipinski definition) is 2. The van der Waals surface area contributed by atoms with Crippen LogP contribution >= 0.6 is 11.8 Å². The Hall–Kier alpha value is -4.02. The Labute approximate surface area is 184 Å². The molecule has 7 heteroatoms. The maximum absolute atomic E-state index is 12.6. The van der Waals surface area contributed by atoms with E-state index in [1.807, 2.05) is 78.9 Å². The summed E-state index contributed by atoms with van der Waals surface area (Å²) in [4.78, 5) is 12.6. The average Bonchev–Trinajstić information content (AvgIpc) is 3.16. The van der Waals surface area contributed by atoms with Gasteiger partial charge in [0.05, 0.1) is 5.69 Å². The lowest BCUT2D eigenvalue weighted by Gasteiger charge is -2.10. The van der Waals surface area contributed by atoms with Gasteiger partial charge < -0.3 is 5.32 Å². The Morgan fingerprint density at radius 3 is 2.16 bits per heavy atom. The van der Waals surface area contributed by atoms with E-state index in [9.17, 15) is 10.1 Å². The number of nitrogens with zero attached hydrogens (tertiary/aromatic N) is 3. The minimum absolute atomic E-state index is 0.327. The normalized spacial score (nSPS) is 10.3. The monoisotopic (exact) mass is 425 g/mol. The number of carbonyl (C=O) groups is 1. The van der Waals surface area contributed by atoms with Gasteiger partial charge in [-0.25, -0.2) is 9.48 Å². The van der Waals surface area contributed by atoms with Crippen molar-refractivity contribution >= 4 is 29.3 Å². The van der Waals surface area contributed by atoms with Crippen LogP contribution in [0.4, 0.5) is 16.3 Å². The van der Waals surface area contributed by atoms with Crippen LogP contribution in [0, 0.1) is 11.3 Å². The number of urea groups is 1. The van der Waals surface area contributed by atoms with Crippen molar-refractivity contribution in [1.29, 1.82) is 5.26 Å². The number of anilines is 2. The van der Waals surface area contributed by atoms with Crippen molar-refractivity contribution in [3.05, 3.63) is 102 Å². The van der Waals surface area contributed by atoms with Gasteiger partial charge in [-0.3, -0.25) is 5.32 Å². The number of nitrogens with one attached hydrogen (secondary N) is 2. The molecule has 6 nitrogen and oxygen atoms in total. The summed E-state index contributed by atoms with van der Waals surface area (Å²) in [5.74, 6) is 0.995. The van der Waals surface area contributed by atoms with Gasteiger partial charge in [0.15, 0.2) is 5.82 Å². The summed E-state index contributed by atoms with van der Waals surface area (Å²) in [6.07, 6.45) is 0. The molecule has 0 aliphatic carbocycles. The molecule has 3 aromatic carbocycles. The number of nitriles is 1. The van der Waals surface area contributed by atoms with Gasteiger partial charge in [0.1, 0.15) is 16.7 Å². The Morgan fingerprint density at radius 2 is 1.52 bits per heavy atom. The number of benzene rings is 3. The van der Waals surface area contributed by atoms with Crippen LogP contribution in [0.2, 0.25) is 0 Å². The first kappa shape index (κ1) is 20.3. The molecule has 1 heterocycles. The zero-order chi connectivity index (χ0) is 21.5. The van der Waals surface area contributed by atoms with E-state index in [0.717, 1.165) is 11.3 Å². The van der Waals surface area contributed by atoms with E-state index in [-0.39, 0.29) is 0 Å². The Bertz CT molecular complexity index is 1200. The molecule has 0 bridgehead atoms. The van der Waals surface area contributed by atoms with E-state index in [0.29, 0.717) is 27.8 Å². The van der Waals surface area contributed by atoms with Gasteiger partial charge in [-0.2, -0.15) is 10.4 Å². The highest BCUT2D eigenvalue weighted by molar-refractivity contribution is 7.98. The van der Waals surface area contributed by atoms with Crippen LogP contribution in [0.5, 0.6) is 0 Å². The molecule has 0 saturated heterocycles. The highest BCUT2D eigenvalue weighted by atomic mass is 32.2. The van der Waals surface area contributed by atoms with Crippen molar-refractivity contribution in [3.63, 3.8) is 0 Å². The Kier molecular flexibility index (Phi) is 6.31. The molecule has 0 atom stereocenters. The fourth-order valence-corrected chi connectivity index (χ4v) is 3.91. The molecule has 0 unspecified atom stereocenters. The highest BCUT2D eigenvalue weighted by Gasteiger charge is 2.21. The van der Waals surface area contributed by atoms with Gasteiger partial charge in [-0.1, -0.05) is 78.5 Å². The number of aromatic nitrogens is 2. The van der Waals surface area contributed by atoms with E-state index < -0.39 is 6.03 Å². The Morgan fingerprint density at radius 1 is 0.903 bits per heavy atom. The first-order valence-corrected chi connectivity index (χ1v) is 10.6. The first-order valence-electron chi connectivity index (χ1n) is 9.63. The van der Waals surface area contributed by atoms with Crippen molar-refractivity contribution < 1.29 is 4.79 Å². The molecule has 31 heavy (non-hydrogen) atoms. The number of thioether (sulfide) groups is 1. The lowest BCUT2D eigenvalue weighted by atomic mass is 10.2. The molecule has 2 N–H and O–H groups in total. The number of hydrogen-bond acceptors (Lipinski definition) is 4. The average molecular weight is 426 g/mol. The van der Waals surface area contributed by atoms with Crippen molar-refractivity contribution in [2.45, 2.75) is 10.8 Å². The summed E-state index contributed by atoms with van der Waals surface area (Å²) in [7, 11) is 0. The van der Waals surface area contributed by atoms with E-state index in [4.69, 9.17) is 0 Å². The van der Waals surface area contributed by atoms with Gasteiger partial charge >= 0.3 is 6.03 Å². The minimum atomic E-state index is -0.445. The second-order valence-electron chi connectivity index (χ2n) is 6.61. The standard InChI is InChI=1S/C24H19N5OS/c25-16-21-22(27-24(30)26-19-12-6-2-7-13-19)29(20-14-8-3-9-15-20)28-23(21)31-17-18-10-4-1-5-11-18/h1-15H,17H2,(H2,26,27,30). The van der Waals surface area contributed by atoms with Crippen molar-refractivity contribution in [2.75, 3.05) is 10.6 Å². The third kappa shape index (κ3) is 4.94. The number of para-hydroxylation sites is 2. The molecule has 0 radical (unpaired) electrons. The first-order chi connectivity index (χ1) is 15.2. The van der Waals surface area contributed by atoms with Crippen LogP contribution in [0.1, 0.15) is 11.1 Å². The minimum Gasteiger partial charge on any atom is -0.308 e. The number of carbonyl (C=O) groups excluding carboxylic acids is 1. The van der Waals surface area contributed by atoms with Crippen molar-refractivity contribution in [3.8, 4) is 11.8 Å². The van der Waals surface area contributed by atoms with Gasteiger partial charge in [0.25, 0.3) is 0 Å². The molecule has 0 aliphatic heterocycles. The lowest BCUT2D eigenvalue weighted by molar-refractivity contribution is 0.262. The van der Waals surface area contributed by atoms with Gasteiger partial charge in [0, 0.05) is 11.4 Å². The summed E-state index contributed by atoms with van der Waals surface area (Å²) < 4.78 is 1.59. The summed E-state index contributed by atoms with van der Waals surface area (Å²) in [6, 6.07) is 30.3. The number of rotatable bonds is 6. The molecular weight excluding hydrogens is 406 g/mol. The van der Waals surface area contributed by atoms with Crippen LogP contribution in [0.15, 0.2) is 96.0 Å². The predicted molar refractivity (Wildman–Crippen MR) is 123 cm³/mol. The molecule has 0 spiro atoms. The van der Waals surface area contributed by atoms with E-state index in [1.54, 1.807) is 16.8 Å². The summed E-state index contributed by atoms with van der Waals surface area (Å²) in [6.45, 7) is 0. The molecule has 0 aliphatic rings. The molecule has 0 saturated carbocycles. The second kappa shape index (κ2) is 9.65. The molecule has 1 aromatic heterocycles. The van der Waals surface area contributed by atoms with Gasteiger partial charge in [-0.15, -0.1) is 0 Å². The fourth-order valence-electron chi connectivity index (χ4n) is 2.99. The van der Waals surface area contributed by atoms with Gasteiger partial charge in [0.2, 0.25) is 0 Å². The van der Waals surface area contributed by atoms with Crippen LogP contribution in [0.3, 0.4) is 0 Å². The second-order valence-corrected chi connectivity index (χ2v) is 7.57. The molecular formula is C24H19N5OS. The largest absolute Gasteiger partial charge is 0.324 e. The quantitative estimate of drug-likeness (QED) is 0.389. The maximum Gasteiger partial charge on any atom is 0.324 e. The third-order valence-electron chi connectivity index (χ3n) is 4.45. The van der Waals surface area contributed by atoms with Crippen LogP contribution in [-0.2, 0) is 5.75 Å². The van der Waals surface area contributed by atoms with Crippen molar-refractivity contribution in [1.82, 2.24) is 9.78 Å². The molecule has 4 rings (SSSR count). The van der Waals surface area contributed by atoms with E-state index in [2.05, 4.69) is 21.8 Å². The van der Waals surface area contributed by atoms with Crippen LogP contribution in [-0.4, -0.2) is 15.8 Å². The van der Waals surface area contributed by atoms with Crippen LogP contribution < -0.4 is 10.6 Å². The summed E-state index contributed by atoms with van der Waals surface area (Å²) >= 11 is 1.46. The predicted octanol–water partition coefficient (Wildman–Crippen LogP) is 5.68. The van der Waals surface area contributed by atoms with E-state index in [1.165, 1.54) is 11.8 Å². The smallest absolute Gasteiger partial charge is 0.308 e. The third-order valence-corrected chi connectivity index (χ3v) is 5.48. The van der Waals surface area contributed by atoms with Crippen molar-refractivity contribution in [2.24, 2.45) is 0 Å². The maximum atomic E-state index is 12.6. The molecule has 0 fully saturated rings. The SMILES string of the molecule is N#Cc1c(SCc2ccccc2)nn(-c2ccccc2)c1NC(=O)Nc1ccccc1. The van der Waals surface area contributed by atoms with E-state index >= 15 is 0 Å². The number of amides is 2. The Balaban J connectivity index is 1.65. The molecule has 4 aromatic rings. The molecule has 152 valence electrons. The molecule has 2 amide bonds. The summed E-state index contributed by atoms with van der Waals surface area (Å²) in [5, 5.41) is 20.7. The zero-order valence-corrected chi connectivity index (χ0v) is 17.3. The van der Waals surface area contributed by atoms with Gasteiger partial charge in [-0.05, 0) is 29.8 Å².